The normalized spacial score (nSPS) is 18.6. The number of aliphatic hydroxyl groups is 1. The lowest BCUT2D eigenvalue weighted by Crippen LogP contribution is -2.48. The fraction of sp³-hybridized carbons (Fsp3) is 0.286. The molecule has 0 aromatic heterocycles. The summed E-state index contributed by atoms with van der Waals surface area (Å²) in [4.78, 5) is 12.6. The molecule has 26 heavy (non-hydrogen) atoms. The first kappa shape index (κ1) is 18.3. The number of phenolic OH excluding ortho intramolecular Hbond substituents is 1. The Bertz CT molecular complexity index is 908. The van der Waals surface area contributed by atoms with E-state index in [1.54, 1.807) is 52.0 Å². The first-order valence-electron chi connectivity index (χ1n) is 8.31. The number of aliphatic hydroxyl groups excluding tert-OH is 1. The minimum absolute atomic E-state index is 0.0114. The number of hydrogen-bond donors (Lipinski definition) is 2. The molecule has 2 N–H and O–H groups in total. The highest BCUT2D eigenvalue weighted by Gasteiger charge is 2.50. The summed E-state index contributed by atoms with van der Waals surface area (Å²) in [5.74, 6) is -0.852. The molecule has 3 rings (SSSR count). The molecule has 0 saturated heterocycles. The number of carbonyl (C=O) groups is 1. The molecule has 1 aliphatic rings. The number of ether oxygens (including phenoxy) is 1. The van der Waals surface area contributed by atoms with E-state index in [0.29, 0.717) is 5.02 Å². The summed E-state index contributed by atoms with van der Waals surface area (Å²) in [5.41, 5.74) is 0.205. The molecule has 4 nitrogen and oxygen atoms in total. The Kier molecular flexibility index (Phi) is 4.27. The fourth-order valence-corrected chi connectivity index (χ4v) is 3.03. The van der Waals surface area contributed by atoms with Crippen LogP contribution in [0.2, 0.25) is 5.02 Å². The molecule has 0 bridgehead atoms. The van der Waals surface area contributed by atoms with Gasteiger partial charge in [0.1, 0.15) is 22.7 Å². The second-order valence-electron chi connectivity index (χ2n) is 7.49. The Balaban J connectivity index is 2.19. The highest BCUT2D eigenvalue weighted by molar-refractivity contribution is 6.30. The van der Waals surface area contributed by atoms with Crippen LogP contribution in [0.3, 0.4) is 0 Å². The van der Waals surface area contributed by atoms with Gasteiger partial charge in [0.15, 0.2) is 0 Å². The van der Waals surface area contributed by atoms with Crippen molar-refractivity contribution >= 4 is 23.1 Å². The van der Waals surface area contributed by atoms with E-state index in [-0.39, 0.29) is 22.6 Å². The summed E-state index contributed by atoms with van der Waals surface area (Å²) < 4.78 is 5.56. The van der Waals surface area contributed by atoms with Gasteiger partial charge in [-0.1, -0.05) is 29.8 Å². The molecule has 0 amide bonds. The van der Waals surface area contributed by atoms with Gasteiger partial charge in [-0.3, -0.25) is 0 Å². The molecule has 5 heteroatoms. The molecule has 1 heterocycles. The summed E-state index contributed by atoms with van der Waals surface area (Å²) in [5, 5.41) is 21.8. The average molecular weight is 373 g/mol. The molecule has 0 spiro atoms. The number of hydrogen-bond acceptors (Lipinski definition) is 4. The number of rotatable bonds is 2. The second-order valence-corrected chi connectivity index (χ2v) is 7.92. The van der Waals surface area contributed by atoms with Gasteiger partial charge in [-0.05, 0) is 63.1 Å². The van der Waals surface area contributed by atoms with Gasteiger partial charge in [-0.15, -0.1) is 0 Å². The first-order valence-corrected chi connectivity index (χ1v) is 8.69. The van der Waals surface area contributed by atoms with Crippen molar-refractivity contribution < 1.29 is 19.7 Å². The third-order valence-corrected chi connectivity index (χ3v) is 5.58. The predicted octanol–water partition coefficient (Wildman–Crippen LogP) is 5.34. The molecular formula is C21H21ClO4. The molecule has 0 aliphatic carbocycles. The minimum Gasteiger partial charge on any atom is -0.511 e. The molecule has 0 fully saturated rings. The molecule has 0 radical (unpaired) electrons. The lowest BCUT2D eigenvalue weighted by molar-refractivity contribution is -0.164. The van der Waals surface area contributed by atoms with Crippen LogP contribution in [0.15, 0.2) is 48.2 Å². The van der Waals surface area contributed by atoms with Gasteiger partial charge in [0.25, 0.3) is 0 Å². The number of phenols is 1. The van der Waals surface area contributed by atoms with Crippen LogP contribution < -0.4 is 0 Å². The molecule has 1 aliphatic heterocycles. The molecule has 2 aromatic carbocycles. The zero-order valence-corrected chi connectivity index (χ0v) is 15.9. The Morgan fingerprint density at radius 2 is 1.50 bits per heavy atom. The van der Waals surface area contributed by atoms with Crippen LogP contribution in [0.1, 0.15) is 33.3 Å². The van der Waals surface area contributed by atoms with Crippen molar-refractivity contribution in [3.05, 3.63) is 58.8 Å². The maximum absolute atomic E-state index is 12.6. The Morgan fingerprint density at radius 3 is 2.12 bits per heavy atom. The second kappa shape index (κ2) is 6.06. The van der Waals surface area contributed by atoms with E-state index in [1.165, 1.54) is 6.07 Å². The van der Waals surface area contributed by atoms with Gasteiger partial charge in [0.2, 0.25) is 0 Å². The summed E-state index contributed by atoms with van der Waals surface area (Å²) in [6, 6.07) is 12.1. The largest absolute Gasteiger partial charge is 0.511 e. The Labute approximate surface area is 157 Å². The number of aromatic hydroxyl groups is 1. The highest BCUT2D eigenvalue weighted by atomic mass is 35.5. The smallest absolute Gasteiger partial charge is 0.342 e. The van der Waals surface area contributed by atoms with Gasteiger partial charge in [-0.25, -0.2) is 4.79 Å². The van der Waals surface area contributed by atoms with Crippen molar-refractivity contribution in [2.45, 2.75) is 33.3 Å². The van der Waals surface area contributed by atoms with Crippen LogP contribution in [0.4, 0.5) is 0 Å². The first-order chi connectivity index (χ1) is 12.0. The summed E-state index contributed by atoms with van der Waals surface area (Å²) in [7, 11) is 0. The zero-order valence-electron chi connectivity index (χ0n) is 15.1. The van der Waals surface area contributed by atoms with Crippen LogP contribution >= 0.6 is 11.6 Å². The zero-order chi connectivity index (χ0) is 19.3. The van der Waals surface area contributed by atoms with Crippen LogP contribution in [0.5, 0.6) is 5.75 Å². The van der Waals surface area contributed by atoms with Gasteiger partial charge >= 0.3 is 5.97 Å². The lowest BCUT2D eigenvalue weighted by Gasteiger charge is -2.44. The van der Waals surface area contributed by atoms with Crippen LogP contribution in [-0.4, -0.2) is 21.8 Å². The average Bonchev–Trinajstić information content (AvgIpc) is 2.55. The van der Waals surface area contributed by atoms with E-state index in [1.807, 2.05) is 12.1 Å². The van der Waals surface area contributed by atoms with Crippen molar-refractivity contribution in [3.8, 4) is 16.9 Å². The number of cyclic esters (lactones) is 1. The minimum atomic E-state index is -0.874. The van der Waals surface area contributed by atoms with Crippen molar-refractivity contribution in [1.82, 2.24) is 0 Å². The topological polar surface area (TPSA) is 66.8 Å². The number of esters is 1. The standard InChI is InChI=1S/C21H21ClO4/c1-20(2)18(24)17(19(25)26-21(20,3)4)15-11-13(7-10-16(15)23)12-5-8-14(22)9-6-12/h5-11,23-24H,1-4H3. The van der Waals surface area contributed by atoms with E-state index in [9.17, 15) is 15.0 Å². The number of benzene rings is 2. The van der Waals surface area contributed by atoms with E-state index in [0.717, 1.165) is 11.1 Å². The van der Waals surface area contributed by atoms with E-state index in [2.05, 4.69) is 0 Å². The van der Waals surface area contributed by atoms with Gasteiger partial charge in [0.05, 0.1) is 5.41 Å². The summed E-state index contributed by atoms with van der Waals surface area (Å²) in [6.07, 6.45) is 0. The van der Waals surface area contributed by atoms with Gasteiger partial charge in [0, 0.05) is 10.6 Å². The Hall–Kier alpha value is -2.46. The van der Waals surface area contributed by atoms with Gasteiger partial charge in [-0.2, -0.15) is 0 Å². The lowest BCUT2D eigenvalue weighted by atomic mass is 9.71. The molecule has 0 atom stereocenters. The maximum atomic E-state index is 12.6. The van der Waals surface area contributed by atoms with Crippen molar-refractivity contribution in [3.63, 3.8) is 0 Å². The molecule has 136 valence electrons. The third-order valence-electron chi connectivity index (χ3n) is 5.33. The SMILES string of the molecule is CC1(C)OC(=O)C(c2cc(-c3ccc(Cl)cc3)ccc2O)=C(O)C1(C)C. The van der Waals surface area contributed by atoms with E-state index >= 15 is 0 Å². The van der Waals surface area contributed by atoms with Crippen LogP contribution in [-0.2, 0) is 9.53 Å². The molecule has 0 unspecified atom stereocenters. The number of carbonyl (C=O) groups excluding carboxylic acids is 1. The van der Waals surface area contributed by atoms with Crippen molar-refractivity contribution in [2.75, 3.05) is 0 Å². The highest BCUT2D eigenvalue weighted by Crippen LogP contribution is 2.48. The molecule has 2 aromatic rings. The summed E-state index contributed by atoms with van der Waals surface area (Å²) >= 11 is 5.93. The summed E-state index contributed by atoms with van der Waals surface area (Å²) in [6.45, 7) is 7.10. The van der Waals surface area contributed by atoms with Crippen LogP contribution in [0, 0.1) is 5.41 Å². The predicted molar refractivity (Wildman–Crippen MR) is 102 cm³/mol. The monoisotopic (exact) mass is 372 g/mol. The molecular weight excluding hydrogens is 352 g/mol. The van der Waals surface area contributed by atoms with Crippen molar-refractivity contribution in [2.24, 2.45) is 5.41 Å². The van der Waals surface area contributed by atoms with Crippen molar-refractivity contribution in [1.29, 1.82) is 0 Å². The maximum Gasteiger partial charge on any atom is 0.342 e. The fourth-order valence-electron chi connectivity index (χ4n) is 2.90. The number of halogens is 1. The van der Waals surface area contributed by atoms with E-state index < -0.39 is 17.0 Å². The third kappa shape index (κ3) is 2.84. The Morgan fingerprint density at radius 1 is 0.923 bits per heavy atom. The molecule has 0 saturated carbocycles. The van der Waals surface area contributed by atoms with Crippen LogP contribution in [0.25, 0.3) is 16.7 Å². The van der Waals surface area contributed by atoms with Gasteiger partial charge < -0.3 is 14.9 Å². The quantitative estimate of drug-likeness (QED) is 0.698. The van der Waals surface area contributed by atoms with E-state index in [4.69, 9.17) is 16.3 Å².